The molecule has 1 unspecified atom stereocenters. The van der Waals surface area contributed by atoms with Crippen molar-refractivity contribution >= 4 is 15.9 Å². The van der Waals surface area contributed by atoms with Crippen LogP contribution in [0.5, 0.6) is 5.75 Å². The standard InChI is InChI=1S/C15H21BrO2/c1-11-5-6-14(17-2)12(9-11)13(16)10-15(18-3)7-4-8-15/h5-6,9,13H,4,7-8,10H2,1-3H3. The molecule has 0 aliphatic heterocycles. The van der Waals surface area contributed by atoms with Gasteiger partial charge in [-0.2, -0.15) is 0 Å². The van der Waals surface area contributed by atoms with Crippen molar-refractivity contribution in [1.82, 2.24) is 0 Å². The van der Waals surface area contributed by atoms with Gasteiger partial charge >= 0.3 is 0 Å². The van der Waals surface area contributed by atoms with E-state index < -0.39 is 0 Å². The average Bonchev–Trinajstić information content (AvgIpc) is 2.33. The Bertz CT molecular complexity index is 407. The van der Waals surface area contributed by atoms with Crippen LogP contribution >= 0.6 is 15.9 Å². The maximum Gasteiger partial charge on any atom is 0.123 e. The van der Waals surface area contributed by atoms with Gasteiger partial charge < -0.3 is 9.47 Å². The van der Waals surface area contributed by atoms with Crippen LogP contribution in [0.15, 0.2) is 18.2 Å². The lowest BCUT2D eigenvalue weighted by Gasteiger charge is -2.42. The Kier molecular flexibility index (Phi) is 4.33. The smallest absolute Gasteiger partial charge is 0.123 e. The number of ether oxygens (including phenoxy) is 2. The number of rotatable bonds is 5. The Labute approximate surface area is 118 Å². The van der Waals surface area contributed by atoms with Crippen molar-refractivity contribution in [2.24, 2.45) is 0 Å². The van der Waals surface area contributed by atoms with Gasteiger partial charge in [0, 0.05) is 17.5 Å². The van der Waals surface area contributed by atoms with E-state index in [1.807, 2.05) is 13.2 Å². The summed E-state index contributed by atoms with van der Waals surface area (Å²) in [6, 6.07) is 6.32. The van der Waals surface area contributed by atoms with Crippen LogP contribution in [0.2, 0.25) is 0 Å². The zero-order valence-electron chi connectivity index (χ0n) is 11.3. The van der Waals surface area contributed by atoms with Crippen molar-refractivity contribution in [1.29, 1.82) is 0 Å². The van der Waals surface area contributed by atoms with Crippen molar-refractivity contribution in [2.45, 2.75) is 43.0 Å². The summed E-state index contributed by atoms with van der Waals surface area (Å²) in [6.45, 7) is 2.11. The van der Waals surface area contributed by atoms with Crippen molar-refractivity contribution in [3.63, 3.8) is 0 Å². The Morgan fingerprint density at radius 3 is 2.56 bits per heavy atom. The number of halogens is 1. The molecular weight excluding hydrogens is 292 g/mol. The minimum Gasteiger partial charge on any atom is -0.496 e. The predicted molar refractivity (Wildman–Crippen MR) is 77.6 cm³/mol. The normalized spacial score (nSPS) is 19.1. The van der Waals surface area contributed by atoms with E-state index in [9.17, 15) is 0 Å². The van der Waals surface area contributed by atoms with E-state index >= 15 is 0 Å². The lowest BCUT2D eigenvalue weighted by molar-refractivity contribution is -0.0773. The highest BCUT2D eigenvalue weighted by Crippen LogP contribution is 2.46. The highest BCUT2D eigenvalue weighted by molar-refractivity contribution is 9.09. The molecule has 3 heteroatoms. The number of benzene rings is 1. The van der Waals surface area contributed by atoms with Gasteiger partial charge in [0.25, 0.3) is 0 Å². The van der Waals surface area contributed by atoms with Gasteiger partial charge in [0.1, 0.15) is 5.75 Å². The molecule has 1 saturated carbocycles. The molecule has 0 amide bonds. The lowest BCUT2D eigenvalue weighted by Crippen LogP contribution is -2.39. The molecule has 1 aliphatic carbocycles. The third-order valence-electron chi connectivity index (χ3n) is 3.97. The quantitative estimate of drug-likeness (QED) is 0.750. The SMILES string of the molecule is COc1ccc(C)cc1C(Br)CC1(OC)CCC1. The third-order valence-corrected chi connectivity index (χ3v) is 4.79. The maximum atomic E-state index is 5.70. The highest BCUT2D eigenvalue weighted by Gasteiger charge is 2.39. The highest BCUT2D eigenvalue weighted by atomic mass is 79.9. The van der Waals surface area contributed by atoms with Crippen LogP contribution in [0.1, 0.15) is 41.6 Å². The van der Waals surface area contributed by atoms with Gasteiger partial charge in [-0.1, -0.05) is 33.6 Å². The molecule has 0 spiro atoms. The molecule has 2 nitrogen and oxygen atoms in total. The van der Waals surface area contributed by atoms with Crippen LogP contribution in [0.4, 0.5) is 0 Å². The van der Waals surface area contributed by atoms with Gasteiger partial charge in [-0.25, -0.2) is 0 Å². The Morgan fingerprint density at radius 1 is 1.33 bits per heavy atom. The van der Waals surface area contributed by atoms with Crippen LogP contribution in [0.25, 0.3) is 0 Å². The number of hydrogen-bond acceptors (Lipinski definition) is 2. The van der Waals surface area contributed by atoms with E-state index in [0.29, 0.717) is 0 Å². The van der Waals surface area contributed by atoms with Crippen molar-refractivity contribution < 1.29 is 9.47 Å². The monoisotopic (exact) mass is 312 g/mol. The number of alkyl halides is 1. The molecule has 1 aromatic rings. The van der Waals surface area contributed by atoms with E-state index in [2.05, 4.69) is 35.0 Å². The first-order chi connectivity index (χ1) is 8.60. The van der Waals surface area contributed by atoms with Gasteiger partial charge in [-0.15, -0.1) is 0 Å². The Balaban J connectivity index is 2.17. The molecule has 0 bridgehead atoms. The summed E-state index contributed by atoms with van der Waals surface area (Å²) in [5.74, 6) is 0.952. The molecule has 2 rings (SSSR count). The predicted octanol–water partition coefficient (Wildman–Crippen LogP) is 4.40. The summed E-state index contributed by atoms with van der Waals surface area (Å²) >= 11 is 3.80. The lowest BCUT2D eigenvalue weighted by atomic mass is 9.76. The van der Waals surface area contributed by atoms with E-state index in [1.165, 1.54) is 30.4 Å². The number of methoxy groups -OCH3 is 2. The molecule has 0 saturated heterocycles. The van der Waals surface area contributed by atoms with E-state index in [4.69, 9.17) is 9.47 Å². The van der Waals surface area contributed by atoms with E-state index in [-0.39, 0.29) is 10.4 Å². The molecule has 18 heavy (non-hydrogen) atoms. The molecule has 1 aliphatic rings. The van der Waals surface area contributed by atoms with Crippen LogP contribution in [0.3, 0.4) is 0 Å². The molecule has 1 aromatic carbocycles. The first-order valence-electron chi connectivity index (χ1n) is 6.44. The zero-order valence-corrected chi connectivity index (χ0v) is 12.9. The third kappa shape index (κ3) is 2.72. The summed E-state index contributed by atoms with van der Waals surface area (Å²) < 4.78 is 11.1. The van der Waals surface area contributed by atoms with E-state index in [0.717, 1.165) is 12.2 Å². The summed E-state index contributed by atoms with van der Waals surface area (Å²) in [5.41, 5.74) is 2.55. The second-order valence-corrected chi connectivity index (χ2v) is 6.26. The summed E-state index contributed by atoms with van der Waals surface area (Å²) in [5, 5.41) is 0. The fourth-order valence-corrected chi connectivity index (χ4v) is 3.55. The minimum absolute atomic E-state index is 0.0723. The largest absolute Gasteiger partial charge is 0.496 e. The summed E-state index contributed by atoms with van der Waals surface area (Å²) in [4.78, 5) is 0.285. The molecular formula is C15H21BrO2. The van der Waals surface area contributed by atoms with Gasteiger partial charge in [-0.05, 0) is 38.7 Å². The van der Waals surface area contributed by atoms with Crippen molar-refractivity contribution in [2.75, 3.05) is 14.2 Å². The summed E-state index contributed by atoms with van der Waals surface area (Å²) in [6.07, 6.45) is 4.61. The second-order valence-electron chi connectivity index (χ2n) is 5.16. The molecule has 0 radical (unpaired) electrons. The van der Waals surface area contributed by atoms with Crippen LogP contribution in [0, 0.1) is 6.92 Å². The fourth-order valence-electron chi connectivity index (χ4n) is 2.60. The van der Waals surface area contributed by atoms with Crippen LogP contribution in [-0.2, 0) is 4.74 Å². The topological polar surface area (TPSA) is 18.5 Å². The van der Waals surface area contributed by atoms with Gasteiger partial charge in [0.15, 0.2) is 0 Å². The first kappa shape index (κ1) is 13.9. The van der Waals surface area contributed by atoms with Crippen molar-refractivity contribution in [3.8, 4) is 5.75 Å². The average molecular weight is 313 g/mol. The van der Waals surface area contributed by atoms with Gasteiger partial charge in [0.2, 0.25) is 0 Å². The number of hydrogen-bond donors (Lipinski definition) is 0. The number of aryl methyl sites for hydroxylation is 1. The fraction of sp³-hybridized carbons (Fsp3) is 0.600. The summed E-state index contributed by atoms with van der Waals surface area (Å²) in [7, 11) is 3.55. The zero-order chi connectivity index (χ0) is 13.2. The van der Waals surface area contributed by atoms with Gasteiger partial charge in [0.05, 0.1) is 12.7 Å². The van der Waals surface area contributed by atoms with E-state index in [1.54, 1.807) is 7.11 Å². The molecule has 1 fully saturated rings. The molecule has 1 atom stereocenters. The Morgan fingerprint density at radius 2 is 2.06 bits per heavy atom. The second kappa shape index (κ2) is 5.62. The molecule has 0 N–H and O–H groups in total. The Hall–Kier alpha value is -0.540. The van der Waals surface area contributed by atoms with Gasteiger partial charge in [-0.3, -0.25) is 0 Å². The molecule has 100 valence electrons. The van der Waals surface area contributed by atoms with Crippen LogP contribution < -0.4 is 4.74 Å². The van der Waals surface area contributed by atoms with Crippen LogP contribution in [-0.4, -0.2) is 19.8 Å². The molecule has 0 heterocycles. The first-order valence-corrected chi connectivity index (χ1v) is 7.35. The van der Waals surface area contributed by atoms with Crippen molar-refractivity contribution in [3.05, 3.63) is 29.3 Å². The molecule has 0 aromatic heterocycles. The maximum absolute atomic E-state index is 5.70. The minimum atomic E-state index is 0.0723.